The maximum absolute atomic E-state index is 14.3. The highest BCUT2D eigenvalue weighted by Gasteiger charge is 2.90. The zero-order chi connectivity index (χ0) is 25.5. The maximum atomic E-state index is 14.3. The predicted molar refractivity (Wildman–Crippen MR) is 130 cm³/mol. The zero-order valence-electron chi connectivity index (χ0n) is 21.6. The number of carbonyl (C=O) groups is 1. The second-order valence-electron chi connectivity index (χ2n) is 13.2. The Morgan fingerprint density at radius 2 is 1.97 bits per heavy atom. The number of Topliss-reactive ketones (excluding diaryl/α,β-unsaturated/α-hetero) is 1. The minimum atomic E-state index is -1.48. The summed E-state index contributed by atoms with van der Waals surface area (Å²) in [5.74, 6) is -1.77. The fourth-order valence-corrected chi connectivity index (χ4v) is 10.0. The number of rotatable bonds is 3. The Morgan fingerprint density at radius 3 is 2.72 bits per heavy atom. The van der Waals surface area contributed by atoms with Crippen LogP contribution in [-0.2, 0) is 28.5 Å². The van der Waals surface area contributed by atoms with E-state index in [1.165, 1.54) is 5.57 Å². The second kappa shape index (κ2) is 7.16. The number of allylic oxidation sites excluding steroid dienone is 1. The molecule has 3 saturated heterocycles. The van der Waals surface area contributed by atoms with Crippen LogP contribution in [0.1, 0.15) is 59.8 Å². The van der Waals surface area contributed by atoms with E-state index < -0.39 is 40.9 Å². The standard InChI is InChI=1S/C28H37ClO7/c1-14-16-7-8-17-26-13-33-28(27(17,20(14)30)23(16)35-25(4,5)36-28)21(31)19(26)24(2,3)12-15-6-9-18(32-11-10-29)34-22(15)26/h16-19,21,23,31H,1,6-13H2,2-5H3. The smallest absolute Gasteiger partial charge is 0.213 e. The highest BCUT2D eigenvalue weighted by Crippen LogP contribution is 2.80. The van der Waals surface area contributed by atoms with Crippen LogP contribution in [0, 0.1) is 34.0 Å². The molecule has 0 radical (unpaired) electrons. The van der Waals surface area contributed by atoms with Gasteiger partial charge in [-0.25, -0.2) is 0 Å². The largest absolute Gasteiger partial charge is 0.469 e. The molecule has 8 rings (SSSR count). The molecule has 9 atom stereocenters. The molecule has 0 amide bonds. The summed E-state index contributed by atoms with van der Waals surface area (Å²) in [5.41, 5.74) is -0.254. The number of hydrogen-bond donors (Lipinski definition) is 1. The average Bonchev–Trinajstić information content (AvgIpc) is 2.93. The molecule has 0 aromatic heterocycles. The summed E-state index contributed by atoms with van der Waals surface area (Å²) >= 11 is 5.91. The lowest BCUT2D eigenvalue weighted by Crippen LogP contribution is -2.87. The van der Waals surface area contributed by atoms with E-state index in [2.05, 4.69) is 20.4 Å². The molecule has 3 spiro atoms. The summed E-state index contributed by atoms with van der Waals surface area (Å²) < 4.78 is 32.6. The second-order valence-corrected chi connectivity index (χ2v) is 13.5. The van der Waals surface area contributed by atoms with E-state index in [-0.39, 0.29) is 29.0 Å². The van der Waals surface area contributed by atoms with Crippen molar-refractivity contribution in [1.29, 1.82) is 0 Å². The van der Waals surface area contributed by atoms with Crippen molar-refractivity contribution in [1.82, 2.24) is 0 Å². The van der Waals surface area contributed by atoms with E-state index in [0.29, 0.717) is 24.7 Å². The van der Waals surface area contributed by atoms with E-state index in [4.69, 9.17) is 35.3 Å². The van der Waals surface area contributed by atoms with Gasteiger partial charge in [0.05, 0.1) is 24.7 Å². The summed E-state index contributed by atoms with van der Waals surface area (Å²) in [6.07, 6.45) is 2.17. The number of hydrogen-bond acceptors (Lipinski definition) is 7. The topological polar surface area (TPSA) is 83.5 Å². The number of ether oxygens (including phenoxy) is 5. The van der Waals surface area contributed by atoms with Gasteiger partial charge in [0.2, 0.25) is 5.79 Å². The van der Waals surface area contributed by atoms with Crippen molar-refractivity contribution in [2.24, 2.45) is 34.0 Å². The molecule has 198 valence electrons. The zero-order valence-corrected chi connectivity index (χ0v) is 22.4. The highest BCUT2D eigenvalue weighted by molar-refractivity contribution is 6.17. The monoisotopic (exact) mass is 520 g/mol. The maximum Gasteiger partial charge on any atom is 0.213 e. The number of aliphatic hydroxyl groups is 1. The Labute approximate surface area is 217 Å². The minimum absolute atomic E-state index is 0.0663. The third-order valence-electron chi connectivity index (χ3n) is 10.6. The summed E-state index contributed by atoms with van der Waals surface area (Å²) in [6.45, 7) is 13.1. The predicted octanol–water partition coefficient (Wildman–Crippen LogP) is 4.07. The van der Waals surface area contributed by atoms with Crippen LogP contribution < -0.4 is 0 Å². The molecule has 4 bridgehead atoms. The number of alkyl halides is 1. The van der Waals surface area contributed by atoms with Crippen LogP contribution in [0.3, 0.4) is 0 Å². The summed E-state index contributed by atoms with van der Waals surface area (Å²) in [4.78, 5) is 14.3. The quantitative estimate of drug-likeness (QED) is 0.443. The molecule has 4 aliphatic heterocycles. The molecule has 4 aliphatic carbocycles. The van der Waals surface area contributed by atoms with Gasteiger partial charge in [0.25, 0.3) is 0 Å². The third kappa shape index (κ3) is 2.48. The average molecular weight is 521 g/mol. The van der Waals surface area contributed by atoms with Gasteiger partial charge in [0.1, 0.15) is 17.3 Å². The number of fused-ring (bicyclic) bond motifs is 1. The first-order valence-corrected chi connectivity index (χ1v) is 14.0. The number of carbonyl (C=O) groups excluding carboxylic acids is 1. The molecular weight excluding hydrogens is 484 g/mol. The molecule has 7 nitrogen and oxygen atoms in total. The van der Waals surface area contributed by atoms with Crippen molar-refractivity contribution in [3.05, 3.63) is 23.5 Å². The molecule has 0 aromatic carbocycles. The van der Waals surface area contributed by atoms with Gasteiger partial charge >= 0.3 is 0 Å². The number of ketones is 1. The van der Waals surface area contributed by atoms with Gasteiger partial charge in [-0.1, -0.05) is 20.4 Å². The highest BCUT2D eigenvalue weighted by atomic mass is 35.5. The van der Waals surface area contributed by atoms with E-state index >= 15 is 0 Å². The van der Waals surface area contributed by atoms with Crippen molar-refractivity contribution in [2.75, 3.05) is 19.1 Å². The summed E-state index contributed by atoms with van der Waals surface area (Å²) in [6, 6.07) is 0. The van der Waals surface area contributed by atoms with Crippen molar-refractivity contribution in [3.63, 3.8) is 0 Å². The van der Waals surface area contributed by atoms with Gasteiger partial charge in [0.15, 0.2) is 17.9 Å². The van der Waals surface area contributed by atoms with Gasteiger partial charge in [0, 0.05) is 24.1 Å². The summed E-state index contributed by atoms with van der Waals surface area (Å²) in [5, 5.41) is 12.4. The fraction of sp³-hybridized carbons (Fsp3) is 0.821. The minimum Gasteiger partial charge on any atom is -0.469 e. The lowest BCUT2D eigenvalue weighted by molar-refractivity contribution is -0.527. The van der Waals surface area contributed by atoms with Gasteiger partial charge in [-0.15, -0.1) is 11.6 Å². The van der Waals surface area contributed by atoms with E-state index in [0.717, 1.165) is 37.9 Å². The van der Waals surface area contributed by atoms with Crippen LogP contribution in [0.5, 0.6) is 0 Å². The van der Waals surface area contributed by atoms with Crippen molar-refractivity contribution in [2.45, 2.75) is 89.9 Å². The number of aliphatic hydroxyl groups excluding tert-OH is 1. The Hall–Kier alpha value is -0.960. The third-order valence-corrected chi connectivity index (χ3v) is 10.8. The van der Waals surface area contributed by atoms with Crippen LogP contribution in [-0.4, -0.2) is 60.1 Å². The van der Waals surface area contributed by atoms with Crippen molar-refractivity contribution >= 4 is 17.4 Å². The van der Waals surface area contributed by atoms with E-state index in [1.807, 2.05) is 13.8 Å². The molecule has 4 heterocycles. The first-order valence-electron chi connectivity index (χ1n) is 13.5. The van der Waals surface area contributed by atoms with Crippen LogP contribution in [0.2, 0.25) is 0 Å². The van der Waals surface area contributed by atoms with Crippen LogP contribution in [0.15, 0.2) is 23.5 Å². The molecule has 8 aliphatic rings. The van der Waals surface area contributed by atoms with Gasteiger partial charge in [-0.3, -0.25) is 4.79 Å². The van der Waals surface area contributed by atoms with Crippen molar-refractivity contribution in [3.8, 4) is 0 Å². The van der Waals surface area contributed by atoms with Gasteiger partial charge < -0.3 is 28.8 Å². The van der Waals surface area contributed by atoms with Crippen molar-refractivity contribution < 1.29 is 33.6 Å². The van der Waals surface area contributed by atoms with Crippen LogP contribution in [0.4, 0.5) is 0 Å². The first kappa shape index (κ1) is 24.1. The molecule has 0 aromatic rings. The molecule has 8 heteroatoms. The Bertz CT molecular complexity index is 1080. The fourth-order valence-electron chi connectivity index (χ4n) is 9.94. The summed E-state index contributed by atoms with van der Waals surface area (Å²) in [7, 11) is 0. The molecule has 9 unspecified atom stereocenters. The molecular formula is C28H37ClO7. The Morgan fingerprint density at radius 1 is 1.19 bits per heavy atom. The Kier molecular flexibility index (Phi) is 4.79. The first-order chi connectivity index (χ1) is 17.0. The van der Waals surface area contributed by atoms with Crippen LogP contribution >= 0.6 is 11.6 Å². The molecule has 1 N–H and O–H groups in total. The molecule has 36 heavy (non-hydrogen) atoms. The van der Waals surface area contributed by atoms with Gasteiger partial charge in [-0.2, -0.15) is 0 Å². The molecule has 6 fully saturated rings. The lowest BCUT2D eigenvalue weighted by Gasteiger charge is -2.77. The normalized spacial score (nSPS) is 51.4. The van der Waals surface area contributed by atoms with E-state index in [1.54, 1.807) is 0 Å². The molecule has 3 saturated carbocycles. The number of halogens is 1. The SMILES string of the molecule is C=C1C(=O)C23C4OC(C)(C)OC25OCC2(C6=C(CCC(OCCCl)O6)CC(C)(C)C2C5O)C3CCC14. The Balaban J connectivity index is 1.47. The van der Waals surface area contributed by atoms with Crippen LogP contribution in [0.25, 0.3) is 0 Å². The van der Waals surface area contributed by atoms with Gasteiger partial charge in [-0.05, 0) is 62.0 Å². The lowest BCUT2D eigenvalue weighted by atomic mass is 9.36. The van der Waals surface area contributed by atoms with E-state index in [9.17, 15) is 9.90 Å².